The van der Waals surface area contributed by atoms with E-state index in [1.807, 2.05) is 30.3 Å². The van der Waals surface area contributed by atoms with Crippen LogP contribution in [0.4, 0.5) is 13.2 Å². The molecule has 0 fully saturated rings. The van der Waals surface area contributed by atoms with Gasteiger partial charge in [-0.25, -0.2) is 0 Å². The molecular formula is C14H11F3S. The minimum absolute atomic E-state index is 0.600. The maximum absolute atomic E-state index is 12.5. The summed E-state index contributed by atoms with van der Waals surface area (Å²) in [4.78, 5) is 1.86. The molecule has 0 aliphatic carbocycles. The lowest BCUT2D eigenvalue weighted by molar-refractivity contribution is -0.137. The van der Waals surface area contributed by atoms with Gasteiger partial charge in [-0.2, -0.15) is 13.2 Å². The molecular weight excluding hydrogens is 257 g/mol. The molecule has 0 aliphatic heterocycles. The molecule has 0 atom stereocenters. The number of hydrogen-bond donors (Lipinski definition) is 0. The van der Waals surface area contributed by atoms with Crippen LogP contribution in [0, 0.1) is 6.92 Å². The molecule has 0 amide bonds. The third kappa shape index (κ3) is 3.07. The zero-order valence-electron chi connectivity index (χ0n) is 9.66. The number of aryl methyl sites for hydroxylation is 1. The van der Waals surface area contributed by atoms with Crippen molar-refractivity contribution in [1.29, 1.82) is 0 Å². The van der Waals surface area contributed by atoms with Gasteiger partial charge in [0.1, 0.15) is 0 Å². The largest absolute Gasteiger partial charge is 0.416 e. The van der Waals surface area contributed by atoms with Gasteiger partial charge >= 0.3 is 6.18 Å². The highest BCUT2D eigenvalue weighted by atomic mass is 32.2. The van der Waals surface area contributed by atoms with Gasteiger partial charge in [-0.15, -0.1) is 0 Å². The molecule has 0 radical (unpaired) electrons. The van der Waals surface area contributed by atoms with Gasteiger partial charge in [-0.1, -0.05) is 30.0 Å². The summed E-state index contributed by atoms with van der Waals surface area (Å²) < 4.78 is 37.6. The molecule has 18 heavy (non-hydrogen) atoms. The SMILES string of the molecule is Cc1cc(C(F)(F)F)ccc1Sc1ccccc1. The van der Waals surface area contributed by atoms with E-state index in [0.29, 0.717) is 5.56 Å². The summed E-state index contributed by atoms with van der Waals surface area (Å²) in [5.74, 6) is 0. The highest BCUT2D eigenvalue weighted by Gasteiger charge is 2.30. The number of benzene rings is 2. The first-order chi connectivity index (χ1) is 8.47. The zero-order chi connectivity index (χ0) is 13.2. The van der Waals surface area contributed by atoms with E-state index in [9.17, 15) is 13.2 Å². The normalized spacial score (nSPS) is 11.6. The summed E-state index contributed by atoms with van der Waals surface area (Å²) in [6.07, 6.45) is -4.28. The summed E-state index contributed by atoms with van der Waals surface area (Å²) in [5.41, 5.74) is 0.0380. The fourth-order valence-electron chi connectivity index (χ4n) is 1.56. The number of halogens is 3. The molecule has 0 saturated heterocycles. The van der Waals surface area contributed by atoms with E-state index in [4.69, 9.17) is 0 Å². The third-order valence-corrected chi connectivity index (χ3v) is 3.66. The van der Waals surface area contributed by atoms with E-state index in [2.05, 4.69) is 0 Å². The maximum atomic E-state index is 12.5. The molecule has 0 N–H and O–H groups in total. The number of hydrogen-bond acceptors (Lipinski definition) is 1. The summed E-state index contributed by atoms with van der Waals surface area (Å²) in [7, 11) is 0. The fourth-order valence-corrected chi connectivity index (χ4v) is 2.46. The van der Waals surface area contributed by atoms with Crippen molar-refractivity contribution in [3.8, 4) is 0 Å². The molecule has 2 rings (SSSR count). The fraction of sp³-hybridized carbons (Fsp3) is 0.143. The van der Waals surface area contributed by atoms with Gasteiger partial charge in [0.2, 0.25) is 0 Å². The minimum Gasteiger partial charge on any atom is -0.166 e. The van der Waals surface area contributed by atoms with Gasteiger partial charge in [0.25, 0.3) is 0 Å². The van der Waals surface area contributed by atoms with Crippen LogP contribution in [-0.4, -0.2) is 0 Å². The Balaban J connectivity index is 2.26. The van der Waals surface area contributed by atoms with Gasteiger partial charge in [-0.3, -0.25) is 0 Å². The van der Waals surface area contributed by atoms with Crippen LogP contribution in [0.15, 0.2) is 58.3 Å². The van der Waals surface area contributed by atoms with E-state index in [1.165, 1.54) is 23.9 Å². The topological polar surface area (TPSA) is 0 Å². The van der Waals surface area contributed by atoms with E-state index in [-0.39, 0.29) is 0 Å². The molecule has 0 bridgehead atoms. The summed E-state index contributed by atoms with van der Waals surface area (Å²) in [5, 5.41) is 0. The molecule has 2 aromatic rings. The third-order valence-electron chi connectivity index (χ3n) is 2.47. The first kappa shape index (κ1) is 13.0. The van der Waals surface area contributed by atoms with Gasteiger partial charge in [0.15, 0.2) is 0 Å². The molecule has 0 heterocycles. The van der Waals surface area contributed by atoms with Crippen LogP contribution < -0.4 is 0 Å². The van der Waals surface area contributed by atoms with Crippen molar-refractivity contribution in [2.75, 3.05) is 0 Å². The second-order valence-corrected chi connectivity index (χ2v) is 5.01. The first-order valence-electron chi connectivity index (χ1n) is 5.37. The molecule has 0 unspecified atom stereocenters. The molecule has 94 valence electrons. The second kappa shape index (κ2) is 5.06. The molecule has 4 heteroatoms. The molecule has 2 aromatic carbocycles. The Morgan fingerprint density at radius 3 is 2.17 bits per heavy atom. The van der Waals surface area contributed by atoms with Crippen LogP contribution in [0.2, 0.25) is 0 Å². The standard InChI is InChI=1S/C14H11F3S/c1-10-9-11(14(15,16)17)7-8-13(10)18-12-5-3-2-4-6-12/h2-9H,1H3. The molecule has 0 spiro atoms. The van der Waals surface area contributed by atoms with Gasteiger partial charge in [0, 0.05) is 9.79 Å². The predicted octanol–water partition coefficient (Wildman–Crippen LogP) is 5.17. The Kier molecular flexibility index (Phi) is 3.66. The Morgan fingerprint density at radius 2 is 1.61 bits per heavy atom. The van der Waals surface area contributed by atoms with E-state index in [1.54, 1.807) is 6.92 Å². The average molecular weight is 268 g/mol. The summed E-state index contributed by atoms with van der Waals surface area (Å²) >= 11 is 1.47. The highest BCUT2D eigenvalue weighted by molar-refractivity contribution is 7.99. The van der Waals surface area contributed by atoms with Gasteiger partial charge < -0.3 is 0 Å². The quantitative estimate of drug-likeness (QED) is 0.724. The lowest BCUT2D eigenvalue weighted by Gasteiger charge is -2.10. The van der Waals surface area contributed by atoms with E-state index >= 15 is 0 Å². The zero-order valence-corrected chi connectivity index (χ0v) is 10.5. The summed E-state index contributed by atoms with van der Waals surface area (Å²) in [6, 6.07) is 13.4. The van der Waals surface area contributed by atoms with Crippen molar-refractivity contribution in [3.05, 3.63) is 59.7 Å². The molecule has 0 aliphatic rings. The number of alkyl halides is 3. The highest BCUT2D eigenvalue weighted by Crippen LogP contribution is 2.35. The lowest BCUT2D eigenvalue weighted by Crippen LogP contribution is -2.05. The second-order valence-electron chi connectivity index (χ2n) is 3.89. The summed E-state index contributed by atoms with van der Waals surface area (Å²) in [6.45, 7) is 1.69. The maximum Gasteiger partial charge on any atom is 0.416 e. The van der Waals surface area contributed by atoms with Crippen LogP contribution in [0.3, 0.4) is 0 Å². The Morgan fingerprint density at radius 1 is 0.944 bits per heavy atom. The van der Waals surface area contributed by atoms with Crippen molar-refractivity contribution in [2.24, 2.45) is 0 Å². The number of rotatable bonds is 2. The predicted molar refractivity (Wildman–Crippen MR) is 66.7 cm³/mol. The van der Waals surface area contributed by atoms with Crippen LogP contribution >= 0.6 is 11.8 Å². The van der Waals surface area contributed by atoms with Crippen LogP contribution in [0.5, 0.6) is 0 Å². The van der Waals surface area contributed by atoms with E-state index in [0.717, 1.165) is 15.9 Å². The van der Waals surface area contributed by atoms with Crippen molar-refractivity contribution >= 4 is 11.8 Å². The molecule has 0 nitrogen and oxygen atoms in total. The first-order valence-corrected chi connectivity index (χ1v) is 6.19. The van der Waals surface area contributed by atoms with Crippen LogP contribution in [-0.2, 0) is 6.18 Å². The smallest absolute Gasteiger partial charge is 0.166 e. The Hall–Kier alpha value is -1.42. The van der Waals surface area contributed by atoms with E-state index < -0.39 is 11.7 Å². The van der Waals surface area contributed by atoms with Crippen molar-refractivity contribution in [3.63, 3.8) is 0 Å². The Bertz CT molecular complexity index is 532. The Labute approximate surface area is 108 Å². The minimum atomic E-state index is -4.28. The van der Waals surface area contributed by atoms with Crippen molar-refractivity contribution < 1.29 is 13.2 Å². The van der Waals surface area contributed by atoms with Crippen molar-refractivity contribution in [2.45, 2.75) is 22.9 Å². The lowest BCUT2D eigenvalue weighted by atomic mass is 10.1. The van der Waals surface area contributed by atoms with Gasteiger partial charge in [-0.05, 0) is 42.8 Å². The van der Waals surface area contributed by atoms with Crippen LogP contribution in [0.25, 0.3) is 0 Å². The van der Waals surface area contributed by atoms with Crippen molar-refractivity contribution in [1.82, 2.24) is 0 Å². The average Bonchev–Trinajstić information content (AvgIpc) is 2.32. The molecule has 0 saturated carbocycles. The van der Waals surface area contributed by atoms with Crippen LogP contribution in [0.1, 0.15) is 11.1 Å². The van der Waals surface area contributed by atoms with Gasteiger partial charge in [0.05, 0.1) is 5.56 Å². The monoisotopic (exact) mass is 268 g/mol. The molecule has 0 aromatic heterocycles.